The summed E-state index contributed by atoms with van der Waals surface area (Å²) in [6.45, 7) is 2.10. The second-order valence-electron chi connectivity index (χ2n) is 3.47. The van der Waals surface area contributed by atoms with Crippen molar-refractivity contribution in [3.05, 3.63) is 22.7 Å². The van der Waals surface area contributed by atoms with Crippen LogP contribution in [0.25, 0.3) is 0 Å². The van der Waals surface area contributed by atoms with Crippen molar-refractivity contribution < 1.29 is 9.53 Å². The van der Waals surface area contributed by atoms with Gasteiger partial charge in [-0.3, -0.25) is 4.79 Å². The van der Waals surface area contributed by atoms with Gasteiger partial charge in [-0.05, 0) is 18.2 Å². The molecule has 1 unspecified atom stereocenters. The molecular formula is C11H16BrClN2O2. The average Bonchev–Trinajstić information content (AvgIpc) is 2.28. The van der Waals surface area contributed by atoms with Gasteiger partial charge in [0.2, 0.25) is 5.91 Å². The SMILES string of the molecule is COc1ccc(Br)cc1NC(=O)C(C)CN.Cl. The van der Waals surface area contributed by atoms with Crippen LogP contribution < -0.4 is 15.8 Å². The molecule has 3 N–H and O–H groups in total. The highest BCUT2D eigenvalue weighted by molar-refractivity contribution is 9.10. The molecule has 1 rings (SSSR count). The van der Waals surface area contributed by atoms with Crippen LogP contribution >= 0.6 is 28.3 Å². The standard InChI is InChI=1S/C11H15BrN2O2.ClH/c1-7(6-13)11(15)14-9-5-8(12)3-4-10(9)16-2;/h3-5,7H,6,13H2,1-2H3,(H,14,15);1H. The van der Waals surface area contributed by atoms with E-state index in [9.17, 15) is 4.79 Å². The highest BCUT2D eigenvalue weighted by Crippen LogP contribution is 2.28. The maximum atomic E-state index is 11.7. The smallest absolute Gasteiger partial charge is 0.228 e. The Bertz CT molecular complexity index is 388. The van der Waals surface area contributed by atoms with Crippen LogP contribution in [0.1, 0.15) is 6.92 Å². The lowest BCUT2D eigenvalue weighted by Gasteiger charge is -2.13. The molecule has 0 aliphatic heterocycles. The number of ether oxygens (including phenoxy) is 1. The molecule has 1 amide bonds. The maximum Gasteiger partial charge on any atom is 0.228 e. The van der Waals surface area contributed by atoms with E-state index in [1.165, 1.54) is 0 Å². The molecule has 0 spiro atoms. The third-order valence-electron chi connectivity index (χ3n) is 2.22. The van der Waals surface area contributed by atoms with Crippen LogP contribution in [0.4, 0.5) is 5.69 Å². The average molecular weight is 324 g/mol. The Labute approximate surface area is 115 Å². The molecule has 0 aromatic heterocycles. The van der Waals surface area contributed by atoms with Gasteiger partial charge in [0.25, 0.3) is 0 Å². The molecule has 0 fully saturated rings. The highest BCUT2D eigenvalue weighted by atomic mass is 79.9. The second-order valence-corrected chi connectivity index (χ2v) is 4.39. The summed E-state index contributed by atoms with van der Waals surface area (Å²) in [5, 5.41) is 2.78. The first-order valence-corrected chi connectivity index (χ1v) is 5.72. The second kappa shape index (κ2) is 7.53. The molecule has 1 atom stereocenters. The molecule has 0 aliphatic rings. The number of benzene rings is 1. The minimum atomic E-state index is -0.219. The number of nitrogens with two attached hydrogens (primary N) is 1. The van der Waals surface area contributed by atoms with Crippen molar-refractivity contribution in [2.75, 3.05) is 19.0 Å². The van der Waals surface area contributed by atoms with Gasteiger partial charge in [0.15, 0.2) is 0 Å². The summed E-state index contributed by atoms with van der Waals surface area (Å²) in [7, 11) is 1.56. The van der Waals surface area contributed by atoms with Crippen molar-refractivity contribution in [3.8, 4) is 5.75 Å². The van der Waals surface area contributed by atoms with E-state index in [1.807, 2.05) is 6.07 Å². The van der Waals surface area contributed by atoms with E-state index < -0.39 is 0 Å². The topological polar surface area (TPSA) is 64.3 Å². The Morgan fingerprint density at radius 2 is 2.24 bits per heavy atom. The molecule has 0 saturated heterocycles. The van der Waals surface area contributed by atoms with Crippen molar-refractivity contribution in [3.63, 3.8) is 0 Å². The maximum absolute atomic E-state index is 11.7. The lowest BCUT2D eigenvalue weighted by atomic mass is 10.1. The van der Waals surface area contributed by atoms with E-state index in [4.69, 9.17) is 10.5 Å². The number of hydrogen-bond acceptors (Lipinski definition) is 3. The zero-order chi connectivity index (χ0) is 12.1. The largest absolute Gasteiger partial charge is 0.495 e. The lowest BCUT2D eigenvalue weighted by molar-refractivity contribution is -0.119. The van der Waals surface area contributed by atoms with Crippen molar-refractivity contribution in [1.29, 1.82) is 0 Å². The van der Waals surface area contributed by atoms with Gasteiger partial charge < -0.3 is 15.8 Å². The van der Waals surface area contributed by atoms with Crippen LogP contribution in [0.2, 0.25) is 0 Å². The van der Waals surface area contributed by atoms with E-state index in [1.54, 1.807) is 26.2 Å². The third kappa shape index (κ3) is 4.53. The van der Waals surface area contributed by atoms with Crippen molar-refractivity contribution in [2.24, 2.45) is 11.7 Å². The zero-order valence-corrected chi connectivity index (χ0v) is 12.1. The van der Waals surface area contributed by atoms with E-state index >= 15 is 0 Å². The zero-order valence-electron chi connectivity index (χ0n) is 9.70. The fourth-order valence-electron chi connectivity index (χ4n) is 1.14. The number of hydrogen-bond donors (Lipinski definition) is 2. The van der Waals surface area contributed by atoms with Gasteiger partial charge in [-0.15, -0.1) is 12.4 Å². The molecule has 1 aromatic rings. The number of rotatable bonds is 4. The number of methoxy groups -OCH3 is 1. The molecule has 0 aliphatic carbocycles. The van der Waals surface area contributed by atoms with E-state index in [0.717, 1.165) is 4.47 Å². The van der Waals surface area contributed by atoms with Gasteiger partial charge >= 0.3 is 0 Å². The van der Waals surface area contributed by atoms with Crippen molar-refractivity contribution >= 4 is 39.9 Å². The summed E-state index contributed by atoms with van der Waals surface area (Å²) in [5.41, 5.74) is 6.07. The number of anilines is 1. The number of amides is 1. The van der Waals surface area contributed by atoms with Gasteiger partial charge in [-0.2, -0.15) is 0 Å². The molecule has 4 nitrogen and oxygen atoms in total. The molecule has 0 saturated carbocycles. The fourth-order valence-corrected chi connectivity index (χ4v) is 1.50. The van der Waals surface area contributed by atoms with E-state index in [0.29, 0.717) is 18.0 Å². The molecule has 6 heteroatoms. The van der Waals surface area contributed by atoms with Crippen LogP contribution in [0, 0.1) is 5.92 Å². The summed E-state index contributed by atoms with van der Waals surface area (Å²) in [5.74, 6) is 0.295. The predicted octanol–water partition coefficient (Wildman–Crippen LogP) is 2.41. The molecule has 0 radical (unpaired) electrons. The monoisotopic (exact) mass is 322 g/mol. The molecule has 0 bridgehead atoms. The van der Waals surface area contributed by atoms with Crippen LogP contribution in [-0.4, -0.2) is 19.6 Å². The Kier molecular flexibility index (Phi) is 7.18. The molecule has 17 heavy (non-hydrogen) atoms. The van der Waals surface area contributed by atoms with Crippen LogP contribution in [-0.2, 0) is 4.79 Å². The minimum Gasteiger partial charge on any atom is -0.495 e. The summed E-state index contributed by atoms with van der Waals surface area (Å²) >= 11 is 3.34. The van der Waals surface area contributed by atoms with Gasteiger partial charge in [0.05, 0.1) is 12.8 Å². The normalized spacial score (nSPS) is 11.3. The van der Waals surface area contributed by atoms with E-state index in [-0.39, 0.29) is 24.2 Å². The third-order valence-corrected chi connectivity index (χ3v) is 2.71. The Hall–Kier alpha value is -0.780. The van der Waals surface area contributed by atoms with Crippen LogP contribution in [0.15, 0.2) is 22.7 Å². The van der Waals surface area contributed by atoms with Crippen LogP contribution in [0.5, 0.6) is 5.75 Å². The first-order valence-electron chi connectivity index (χ1n) is 4.93. The molecule has 1 aromatic carbocycles. The lowest BCUT2D eigenvalue weighted by Crippen LogP contribution is -2.26. The summed E-state index contributed by atoms with van der Waals surface area (Å²) in [4.78, 5) is 11.7. The molecule has 0 heterocycles. The van der Waals surface area contributed by atoms with Gasteiger partial charge in [-0.25, -0.2) is 0 Å². The van der Waals surface area contributed by atoms with Crippen molar-refractivity contribution in [2.45, 2.75) is 6.92 Å². The van der Waals surface area contributed by atoms with Gasteiger partial charge in [0.1, 0.15) is 5.75 Å². The highest BCUT2D eigenvalue weighted by Gasteiger charge is 2.13. The number of carbonyl (C=O) groups excluding carboxylic acids is 1. The Morgan fingerprint density at radius 3 is 2.76 bits per heavy atom. The van der Waals surface area contributed by atoms with Crippen LogP contribution in [0.3, 0.4) is 0 Å². The summed E-state index contributed by atoms with van der Waals surface area (Å²) in [6, 6.07) is 5.42. The summed E-state index contributed by atoms with van der Waals surface area (Å²) < 4.78 is 6.03. The van der Waals surface area contributed by atoms with Gasteiger partial charge in [-0.1, -0.05) is 22.9 Å². The summed E-state index contributed by atoms with van der Waals surface area (Å²) in [6.07, 6.45) is 0. The van der Waals surface area contributed by atoms with E-state index in [2.05, 4.69) is 21.2 Å². The quantitative estimate of drug-likeness (QED) is 0.894. The Morgan fingerprint density at radius 1 is 1.59 bits per heavy atom. The molecular weight excluding hydrogens is 307 g/mol. The van der Waals surface area contributed by atoms with Crippen molar-refractivity contribution in [1.82, 2.24) is 0 Å². The number of carbonyl (C=O) groups is 1. The Balaban J connectivity index is 0.00000256. The number of nitrogens with one attached hydrogen (secondary N) is 1. The predicted molar refractivity (Wildman–Crippen MR) is 74.8 cm³/mol. The number of halogens is 2. The van der Waals surface area contributed by atoms with Gasteiger partial charge in [0, 0.05) is 16.9 Å². The fraction of sp³-hybridized carbons (Fsp3) is 0.364. The molecule has 96 valence electrons. The first-order chi connectivity index (χ1) is 7.58. The minimum absolute atomic E-state index is 0. The first kappa shape index (κ1) is 16.2.